The molecule has 0 aromatic heterocycles. The first kappa shape index (κ1) is 25.6. The van der Waals surface area contributed by atoms with Gasteiger partial charge < -0.3 is 0 Å². The number of rotatable bonds is 8. The summed E-state index contributed by atoms with van der Waals surface area (Å²) < 4.78 is 35.5. The first-order valence-corrected chi connectivity index (χ1v) is 15.5. The van der Waals surface area contributed by atoms with Crippen molar-refractivity contribution in [1.82, 2.24) is 0 Å². The van der Waals surface area contributed by atoms with Crippen LogP contribution in [0.25, 0.3) is 0 Å². The van der Waals surface area contributed by atoms with Crippen molar-refractivity contribution in [3.8, 4) is 0 Å². The van der Waals surface area contributed by atoms with Gasteiger partial charge in [0.2, 0.25) is 0 Å². The van der Waals surface area contributed by atoms with Crippen LogP contribution in [0.2, 0.25) is 0 Å². The average molecular weight is 541 g/mol. The molecule has 0 aliphatic carbocycles. The predicted octanol–water partition coefficient (Wildman–Crippen LogP) is 4.86. The Labute approximate surface area is 222 Å². The van der Waals surface area contributed by atoms with Gasteiger partial charge in [0, 0.05) is 0 Å². The van der Waals surface area contributed by atoms with Crippen LogP contribution in [-0.2, 0) is 14.1 Å². The number of aromatic carboxylic acids is 1. The van der Waals surface area contributed by atoms with E-state index in [9.17, 15) is 18.3 Å². The predicted molar refractivity (Wildman–Crippen MR) is 153 cm³/mol. The van der Waals surface area contributed by atoms with Gasteiger partial charge in [-0.15, -0.1) is 0 Å². The summed E-state index contributed by atoms with van der Waals surface area (Å²) >= 11 is 0. The van der Waals surface area contributed by atoms with Crippen molar-refractivity contribution in [3.05, 3.63) is 151 Å². The molecule has 0 heterocycles. The minimum absolute atomic E-state index is 0.145. The molecule has 0 radical (unpaired) electrons. The second kappa shape index (κ2) is 9.99. The minimum atomic E-state index is -4.53. The van der Waals surface area contributed by atoms with E-state index in [0.29, 0.717) is 21.2 Å². The van der Waals surface area contributed by atoms with Crippen LogP contribution >= 0.6 is 6.83 Å². The molecule has 0 amide bonds. The molecule has 7 heteroatoms. The molecule has 1 N–H and O–H groups in total. The van der Waals surface area contributed by atoms with Gasteiger partial charge in [-0.2, -0.15) is 0 Å². The first-order valence-electron chi connectivity index (χ1n) is 11.9. The molecule has 5 rings (SSSR count). The first-order chi connectivity index (χ1) is 18.4. The fraction of sp³-hybridized carbons (Fsp3) is 0. The van der Waals surface area contributed by atoms with Crippen LogP contribution in [0.5, 0.6) is 0 Å². The maximum atomic E-state index is 14.3. The van der Waals surface area contributed by atoms with Crippen LogP contribution in [0.1, 0.15) is 10.4 Å². The summed E-state index contributed by atoms with van der Waals surface area (Å²) in [6.07, 6.45) is 0. The zero-order valence-electron chi connectivity index (χ0n) is 20.3. The summed E-state index contributed by atoms with van der Waals surface area (Å²) in [4.78, 5) is 11.5. The number of carboxylic acid groups (broad SMARTS) is 1. The van der Waals surface area contributed by atoms with E-state index in [1.165, 1.54) is 18.2 Å². The molecular formula is C31H25O5PS. The van der Waals surface area contributed by atoms with Gasteiger partial charge in [-0.3, -0.25) is 0 Å². The molecule has 190 valence electrons. The molecule has 5 nitrogen and oxygen atoms in total. The Kier molecular flexibility index (Phi) is 6.72. The summed E-state index contributed by atoms with van der Waals surface area (Å²) in [6.45, 7) is -4.49. The van der Waals surface area contributed by atoms with Gasteiger partial charge in [-0.25, -0.2) is 0 Å². The maximum absolute atomic E-state index is 14.3. The van der Waals surface area contributed by atoms with Crippen LogP contribution in [0.15, 0.2) is 150 Å². The van der Waals surface area contributed by atoms with Gasteiger partial charge in [0.05, 0.1) is 0 Å². The van der Waals surface area contributed by atoms with E-state index in [-0.39, 0.29) is 10.5 Å². The molecule has 0 saturated heterocycles. The van der Waals surface area contributed by atoms with Gasteiger partial charge in [-0.1, -0.05) is 0 Å². The second-order valence-electron chi connectivity index (χ2n) is 8.74. The fourth-order valence-electron chi connectivity index (χ4n) is 4.94. The molecule has 0 bridgehead atoms. The van der Waals surface area contributed by atoms with Crippen molar-refractivity contribution >= 4 is 44.1 Å². The Morgan fingerprint density at radius 1 is 0.553 bits per heavy atom. The van der Waals surface area contributed by atoms with Crippen molar-refractivity contribution < 1.29 is 22.3 Å². The Balaban J connectivity index is 1.98. The summed E-state index contributed by atoms with van der Waals surface area (Å²) in [6, 6.07) is 42.9. The third-order valence-electron chi connectivity index (χ3n) is 6.61. The van der Waals surface area contributed by atoms with E-state index in [1.54, 1.807) is 0 Å². The van der Waals surface area contributed by atoms with Crippen LogP contribution in [-0.4, -0.2) is 19.5 Å². The monoisotopic (exact) mass is 540 g/mol. The number of carboxylic acids is 1. The van der Waals surface area contributed by atoms with Gasteiger partial charge in [0.25, 0.3) is 0 Å². The number of benzene rings is 5. The summed E-state index contributed by atoms with van der Waals surface area (Å²) in [5.41, 5.74) is -0.145. The molecule has 0 spiro atoms. The van der Waals surface area contributed by atoms with Crippen molar-refractivity contribution in [2.75, 3.05) is 0 Å². The molecule has 0 saturated carbocycles. The fourth-order valence-corrected chi connectivity index (χ4v) is 13.5. The molecule has 0 aliphatic rings. The van der Waals surface area contributed by atoms with Crippen molar-refractivity contribution in [1.29, 1.82) is 0 Å². The van der Waals surface area contributed by atoms with E-state index < -0.39 is 22.9 Å². The van der Waals surface area contributed by atoms with E-state index in [2.05, 4.69) is 0 Å². The quantitative estimate of drug-likeness (QED) is 0.285. The zero-order valence-corrected chi connectivity index (χ0v) is 22.0. The molecule has 0 atom stereocenters. The van der Waals surface area contributed by atoms with Gasteiger partial charge in [0.1, 0.15) is 0 Å². The Morgan fingerprint density at radius 3 is 1.26 bits per heavy atom. The van der Waals surface area contributed by atoms with Crippen LogP contribution in [0.3, 0.4) is 0 Å². The topological polar surface area (TPSA) is 80.7 Å². The van der Waals surface area contributed by atoms with Gasteiger partial charge in [-0.05, 0) is 0 Å². The third-order valence-corrected chi connectivity index (χ3v) is 14.6. The summed E-state index contributed by atoms with van der Waals surface area (Å²) in [5, 5.41) is 12.3. The van der Waals surface area contributed by atoms with Crippen LogP contribution in [0, 0.1) is 0 Å². The van der Waals surface area contributed by atoms with Crippen LogP contribution < -0.4 is 21.2 Å². The SMILES string of the molecule is O=C(O)c1cccc(S(=O)(=O)OP(c2ccccc2)(c2ccccc2)(c2ccccc2)c2ccccc2)c1. The Morgan fingerprint density at radius 2 is 0.921 bits per heavy atom. The standard InChI is InChI=1S/C31H25O5PS/c32-31(33)25-14-13-23-30(24-25)38(34,35)36-37(26-15-5-1-6-16-26,27-17-7-2-8-18-27,28-19-9-3-10-20-28)29-21-11-4-12-22-29/h1-24H,(H,32,33). The van der Waals surface area contributed by atoms with E-state index >= 15 is 0 Å². The summed E-state index contributed by atoms with van der Waals surface area (Å²) in [7, 11) is -4.53. The summed E-state index contributed by atoms with van der Waals surface area (Å²) in [5.74, 6) is -1.23. The van der Waals surface area contributed by atoms with E-state index in [4.69, 9.17) is 3.97 Å². The Bertz CT molecular complexity index is 1500. The second-order valence-corrected chi connectivity index (χ2v) is 14.9. The zero-order chi connectivity index (χ0) is 26.7. The molecular weight excluding hydrogens is 515 g/mol. The van der Waals surface area contributed by atoms with E-state index in [0.717, 1.165) is 6.07 Å². The van der Waals surface area contributed by atoms with Crippen molar-refractivity contribution in [3.63, 3.8) is 0 Å². The Hall–Kier alpha value is -4.09. The van der Waals surface area contributed by atoms with Crippen LogP contribution in [0.4, 0.5) is 0 Å². The normalized spacial score (nSPS) is 12.8. The molecule has 5 aromatic rings. The van der Waals surface area contributed by atoms with Gasteiger partial charge >= 0.3 is 222 Å². The van der Waals surface area contributed by atoms with Crippen molar-refractivity contribution in [2.24, 2.45) is 0 Å². The van der Waals surface area contributed by atoms with E-state index in [1.807, 2.05) is 121 Å². The molecule has 0 fully saturated rings. The number of hydrogen-bond donors (Lipinski definition) is 1. The third kappa shape index (κ3) is 4.04. The average Bonchev–Trinajstić information content (AvgIpc) is 2.98. The van der Waals surface area contributed by atoms with Gasteiger partial charge in [0.15, 0.2) is 0 Å². The molecule has 38 heavy (non-hydrogen) atoms. The number of hydrogen-bond acceptors (Lipinski definition) is 4. The van der Waals surface area contributed by atoms with Crippen molar-refractivity contribution in [2.45, 2.75) is 4.90 Å². The number of carbonyl (C=O) groups is 1. The molecule has 0 unspecified atom stereocenters. The molecule has 5 aromatic carbocycles. The molecule has 0 aliphatic heterocycles.